The van der Waals surface area contributed by atoms with Gasteiger partial charge in [-0.1, -0.05) is 11.6 Å². The van der Waals surface area contributed by atoms with Gasteiger partial charge in [0.15, 0.2) is 0 Å². The molecule has 2 amide bonds. The Bertz CT molecular complexity index is 823. The molecule has 0 bridgehead atoms. The van der Waals surface area contributed by atoms with Crippen LogP contribution in [0.1, 0.15) is 12.5 Å². The Hall–Kier alpha value is -2.61. The third-order valence-electron chi connectivity index (χ3n) is 3.38. The second kappa shape index (κ2) is 7.74. The minimum absolute atomic E-state index is 0.132. The predicted molar refractivity (Wildman–Crippen MR) is 89.5 cm³/mol. The molecule has 0 aliphatic rings. The molecule has 0 saturated heterocycles. The molecule has 0 spiro atoms. The van der Waals surface area contributed by atoms with E-state index in [0.717, 1.165) is 23.1 Å². The van der Waals surface area contributed by atoms with Gasteiger partial charge in [-0.2, -0.15) is 13.2 Å². The van der Waals surface area contributed by atoms with Crippen molar-refractivity contribution in [2.45, 2.75) is 13.1 Å². The zero-order chi connectivity index (χ0) is 19.5. The first kappa shape index (κ1) is 19.7. The maximum Gasteiger partial charge on any atom is 0.418 e. The van der Waals surface area contributed by atoms with Gasteiger partial charge in [0.1, 0.15) is 12.4 Å². The van der Waals surface area contributed by atoms with Gasteiger partial charge in [-0.3, -0.25) is 9.59 Å². The summed E-state index contributed by atoms with van der Waals surface area (Å²) in [6, 6.07) is 7.70. The molecule has 0 atom stereocenters. The van der Waals surface area contributed by atoms with Gasteiger partial charge >= 0.3 is 6.18 Å². The van der Waals surface area contributed by atoms with Crippen LogP contribution in [-0.2, 0) is 15.8 Å². The molecular formula is C17H13ClF4N2O2. The zero-order valence-corrected chi connectivity index (χ0v) is 14.2. The fourth-order valence-electron chi connectivity index (χ4n) is 2.20. The van der Waals surface area contributed by atoms with E-state index in [4.69, 9.17) is 11.6 Å². The van der Waals surface area contributed by atoms with Crippen LogP contribution in [0.25, 0.3) is 0 Å². The van der Waals surface area contributed by atoms with Crippen molar-refractivity contribution in [3.8, 4) is 0 Å². The lowest BCUT2D eigenvalue weighted by atomic mass is 10.1. The van der Waals surface area contributed by atoms with Crippen molar-refractivity contribution in [2.24, 2.45) is 0 Å². The van der Waals surface area contributed by atoms with E-state index in [-0.39, 0.29) is 10.7 Å². The second-order valence-electron chi connectivity index (χ2n) is 5.32. The average Bonchev–Trinajstić information content (AvgIpc) is 2.54. The summed E-state index contributed by atoms with van der Waals surface area (Å²) < 4.78 is 52.2. The minimum Gasteiger partial charge on any atom is -0.324 e. The highest BCUT2D eigenvalue weighted by atomic mass is 35.5. The van der Waals surface area contributed by atoms with Gasteiger partial charge in [0, 0.05) is 17.6 Å². The van der Waals surface area contributed by atoms with Crippen LogP contribution in [-0.4, -0.2) is 18.4 Å². The molecule has 0 aliphatic carbocycles. The number of benzene rings is 2. The van der Waals surface area contributed by atoms with Crippen molar-refractivity contribution in [1.29, 1.82) is 0 Å². The van der Waals surface area contributed by atoms with E-state index in [0.29, 0.717) is 6.07 Å². The number of rotatable bonds is 4. The van der Waals surface area contributed by atoms with Crippen LogP contribution in [0, 0.1) is 5.82 Å². The second-order valence-corrected chi connectivity index (χ2v) is 5.75. The highest BCUT2D eigenvalue weighted by molar-refractivity contribution is 6.30. The highest BCUT2D eigenvalue weighted by Crippen LogP contribution is 2.36. The molecule has 4 nitrogen and oxygen atoms in total. The van der Waals surface area contributed by atoms with Crippen LogP contribution in [0.4, 0.5) is 28.9 Å². The van der Waals surface area contributed by atoms with Gasteiger partial charge in [-0.25, -0.2) is 4.39 Å². The van der Waals surface area contributed by atoms with Crippen LogP contribution >= 0.6 is 11.6 Å². The topological polar surface area (TPSA) is 49.4 Å². The smallest absolute Gasteiger partial charge is 0.324 e. The number of nitrogens with zero attached hydrogens (tertiary/aromatic N) is 1. The molecule has 138 valence electrons. The lowest BCUT2D eigenvalue weighted by Gasteiger charge is -2.21. The van der Waals surface area contributed by atoms with E-state index in [9.17, 15) is 27.2 Å². The summed E-state index contributed by atoms with van der Waals surface area (Å²) in [4.78, 5) is 24.9. The van der Waals surface area contributed by atoms with Crippen LogP contribution in [0.2, 0.25) is 5.02 Å². The van der Waals surface area contributed by atoms with Crippen molar-refractivity contribution < 1.29 is 27.2 Å². The lowest BCUT2D eigenvalue weighted by Crippen LogP contribution is -2.37. The number of amides is 2. The predicted octanol–water partition coefficient (Wildman–Crippen LogP) is 4.49. The number of carbonyl (C=O) groups is 2. The molecule has 26 heavy (non-hydrogen) atoms. The van der Waals surface area contributed by atoms with Crippen molar-refractivity contribution in [3.05, 3.63) is 58.9 Å². The lowest BCUT2D eigenvalue weighted by molar-refractivity contribution is -0.137. The largest absolute Gasteiger partial charge is 0.418 e. The summed E-state index contributed by atoms with van der Waals surface area (Å²) in [6.45, 7) is 0.640. The van der Waals surface area contributed by atoms with Gasteiger partial charge < -0.3 is 10.2 Å². The Kier molecular flexibility index (Phi) is 5.86. The van der Waals surface area contributed by atoms with Crippen molar-refractivity contribution in [1.82, 2.24) is 0 Å². The third kappa shape index (κ3) is 4.95. The van der Waals surface area contributed by atoms with Gasteiger partial charge in [0.05, 0.1) is 11.3 Å². The van der Waals surface area contributed by atoms with Crippen LogP contribution in [0.15, 0.2) is 42.5 Å². The molecular weight excluding hydrogens is 376 g/mol. The van der Waals surface area contributed by atoms with Crippen LogP contribution in [0.3, 0.4) is 0 Å². The molecule has 0 heterocycles. The number of hydrogen-bond donors (Lipinski definition) is 1. The molecule has 0 aliphatic heterocycles. The number of hydrogen-bond acceptors (Lipinski definition) is 2. The summed E-state index contributed by atoms with van der Waals surface area (Å²) in [6.07, 6.45) is -4.72. The fraction of sp³-hybridized carbons (Fsp3) is 0.176. The van der Waals surface area contributed by atoms with Crippen LogP contribution in [0.5, 0.6) is 0 Å². The van der Waals surface area contributed by atoms with Gasteiger partial charge in [-0.05, 0) is 42.5 Å². The van der Waals surface area contributed by atoms with Gasteiger partial charge in [0.25, 0.3) is 0 Å². The Morgan fingerprint density at radius 3 is 2.27 bits per heavy atom. The minimum atomic E-state index is -4.72. The van der Waals surface area contributed by atoms with Gasteiger partial charge in [-0.15, -0.1) is 0 Å². The standard InChI is InChI=1S/C17H13ClF4N2O2/c1-10(25)24(13-5-3-12(19)4-6-13)9-16(26)23-15-7-2-11(18)8-14(15)17(20,21)22/h2-8H,9H2,1H3,(H,23,26). The maximum atomic E-state index is 13.1. The number of carbonyl (C=O) groups excluding carboxylic acids is 2. The number of nitrogens with one attached hydrogen (secondary N) is 1. The first-order valence-electron chi connectivity index (χ1n) is 7.28. The van der Waals surface area contributed by atoms with E-state index < -0.39 is 41.6 Å². The van der Waals surface area contributed by atoms with E-state index >= 15 is 0 Å². The van der Waals surface area contributed by atoms with E-state index in [1.807, 2.05) is 0 Å². The monoisotopic (exact) mass is 388 g/mol. The third-order valence-corrected chi connectivity index (χ3v) is 3.62. The molecule has 1 N–H and O–H groups in total. The van der Waals surface area contributed by atoms with Crippen molar-refractivity contribution in [2.75, 3.05) is 16.8 Å². The summed E-state index contributed by atoms with van der Waals surface area (Å²) in [7, 11) is 0. The highest BCUT2D eigenvalue weighted by Gasteiger charge is 2.34. The number of halogens is 5. The molecule has 2 aromatic rings. The van der Waals surface area contributed by atoms with Crippen molar-refractivity contribution in [3.63, 3.8) is 0 Å². The van der Waals surface area contributed by atoms with Crippen LogP contribution < -0.4 is 10.2 Å². The summed E-state index contributed by atoms with van der Waals surface area (Å²) in [5, 5.41) is 1.99. The maximum absolute atomic E-state index is 13.1. The molecule has 2 rings (SSSR count). The van der Waals surface area contributed by atoms with E-state index in [1.54, 1.807) is 0 Å². The van der Waals surface area contributed by atoms with Crippen molar-refractivity contribution >= 4 is 34.8 Å². The summed E-state index contributed by atoms with van der Waals surface area (Å²) in [5.41, 5.74) is -1.34. The van der Waals surface area contributed by atoms with E-state index in [1.165, 1.54) is 25.1 Å². The zero-order valence-electron chi connectivity index (χ0n) is 13.4. The first-order valence-corrected chi connectivity index (χ1v) is 7.66. The molecule has 0 fully saturated rings. The molecule has 9 heteroatoms. The normalized spacial score (nSPS) is 11.2. The Balaban J connectivity index is 2.22. The molecule has 0 radical (unpaired) electrons. The SMILES string of the molecule is CC(=O)N(CC(=O)Nc1ccc(Cl)cc1C(F)(F)F)c1ccc(F)cc1. The Labute approximate surface area is 151 Å². The first-order chi connectivity index (χ1) is 12.1. The Morgan fingerprint density at radius 2 is 1.73 bits per heavy atom. The fourth-order valence-corrected chi connectivity index (χ4v) is 2.37. The quantitative estimate of drug-likeness (QED) is 0.784. The Morgan fingerprint density at radius 1 is 1.12 bits per heavy atom. The molecule has 2 aromatic carbocycles. The summed E-state index contributed by atoms with van der Waals surface area (Å²) >= 11 is 5.58. The average molecular weight is 389 g/mol. The molecule has 0 saturated carbocycles. The van der Waals surface area contributed by atoms with Gasteiger partial charge in [0.2, 0.25) is 11.8 Å². The van der Waals surface area contributed by atoms with E-state index in [2.05, 4.69) is 5.32 Å². The molecule has 0 aromatic heterocycles. The number of anilines is 2. The number of alkyl halides is 3. The summed E-state index contributed by atoms with van der Waals surface area (Å²) in [5.74, 6) is -1.91. The molecule has 0 unspecified atom stereocenters.